The van der Waals surface area contributed by atoms with Crippen molar-refractivity contribution in [2.45, 2.75) is 52.2 Å². The molecule has 1 unspecified atom stereocenters. The minimum atomic E-state index is -0.00139. The molecule has 1 saturated heterocycles. The molecule has 3 aromatic rings. The number of rotatable bonds is 5. The van der Waals surface area contributed by atoms with Gasteiger partial charge in [-0.05, 0) is 61.6 Å². The fourth-order valence-electron chi connectivity index (χ4n) is 4.87. The second-order valence-electron chi connectivity index (χ2n) is 9.58. The van der Waals surface area contributed by atoms with E-state index in [1.807, 2.05) is 37.9 Å². The van der Waals surface area contributed by atoms with E-state index in [9.17, 15) is 4.79 Å². The van der Waals surface area contributed by atoms with Crippen molar-refractivity contribution in [1.29, 1.82) is 0 Å². The molecule has 0 spiro atoms. The Hall–Kier alpha value is -3.34. The van der Waals surface area contributed by atoms with Gasteiger partial charge < -0.3 is 19.7 Å². The third kappa shape index (κ3) is 5.66. The monoisotopic (exact) mass is 515 g/mol. The Balaban J connectivity index is 1.38. The van der Waals surface area contributed by atoms with E-state index in [1.165, 1.54) is 16.7 Å². The molecule has 2 aromatic carbocycles. The molecule has 192 valence electrons. The molecule has 2 heterocycles. The number of urea groups is 1. The Morgan fingerprint density at radius 1 is 1.27 bits per heavy atom. The van der Waals surface area contributed by atoms with Crippen LogP contribution in [0.3, 0.4) is 0 Å². The fourth-order valence-corrected chi connectivity index (χ4v) is 5.84. The van der Waals surface area contributed by atoms with E-state index >= 15 is 0 Å². The van der Waals surface area contributed by atoms with Gasteiger partial charge in [-0.25, -0.2) is 9.78 Å². The first-order valence-corrected chi connectivity index (χ1v) is 13.9. The molecule has 0 saturated carbocycles. The highest BCUT2D eigenvalue weighted by molar-refractivity contribution is 7.18. The van der Waals surface area contributed by atoms with Crippen LogP contribution in [0.15, 0.2) is 42.6 Å². The topological polar surface area (TPSA) is 63.7 Å². The van der Waals surface area contributed by atoms with Crippen molar-refractivity contribution in [2.24, 2.45) is 0 Å². The van der Waals surface area contributed by atoms with Crippen molar-refractivity contribution in [3.8, 4) is 38.6 Å². The number of carbonyl (C=O) groups excluding carboxylic acids is 1. The summed E-state index contributed by atoms with van der Waals surface area (Å²) in [5.74, 6) is 7.23. The predicted octanol–water partition coefficient (Wildman–Crippen LogP) is 6.05. The molecule has 1 atom stereocenters. The van der Waals surface area contributed by atoms with Gasteiger partial charge in [0.05, 0.1) is 35.8 Å². The highest BCUT2D eigenvalue weighted by Gasteiger charge is 2.28. The highest BCUT2D eigenvalue weighted by atomic mass is 32.1. The molecule has 0 bridgehead atoms. The third-order valence-electron chi connectivity index (χ3n) is 6.63. The highest BCUT2D eigenvalue weighted by Crippen LogP contribution is 2.41. The number of hydrogen-bond donors (Lipinski definition) is 1. The molecule has 2 aliphatic rings. The molecule has 1 N–H and O–H groups in total. The van der Waals surface area contributed by atoms with Gasteiger partial charge in [-0.1, -0.05) is 37.0 Å². The molecule has 2 amide bonds. The Morgan fingerprint density at radius 3 is 2.89 bits per heavy atom. The van der Waals surface area contributed by atoms with Crippen molar-refractivity contribution >= 4 is 17.4 Å². The SMILES string of the molecule is CCC#Cc1cc(-c2ncc(-c3cccc4c3CCC4NC(=O)N3CCOCC3)s2)ccc1OC(C)C. The Labute approximate surface area is 223 Å². The molecule has 1 aliphatic carbocycles. The first kappa shape index (κ1) is 25.3. The Morgan fingerprint density at radius 2 is 2.11 bits per heavy atom. The number of morpholine rings is 1. The molecular formula is C30H33N3O3S. The lowest BCUT2D eigenvalue weighted by Gasteiger charge is -2.28. The molecule has 7 heteroatoms. The number of amides is 2. The Kier molecular flexibility index (Phi) is 7.78. The van der Waals surface area contributed by atoms with Gasteiger partial charge >= 0.3 is 6.03 Å². The van der Waals surface area contributed by atoms with Crippen LogP contribution in [0.5, 0.6) is 5.75 Å². The molecule has 37 heavy (non-hydrogen) atoms. The van der Waals surface area contributed by atoms with Gasteiger partial charge in [0.15, 0.2) is 0 Å². The lowest BCUT2D eigenvalue weighted by atomic mass is 10.0. The van der Waals surface area contributed by atoms with Gasteiger partial charge in [-0.15, -0.1) is 11.3 Å². The Bertz CT molecular complexity index is 1330. The minimum Gasteiger partial charge on any atom is -0.490 e. The standard InChI is InChI=1S/C30H33N3O3S/c1-4-5-7-21-18-22(10-13-27(21)36-20(2)3)29-31-19-28(37-29)25-9-6-8-24-23(25)11-12-26(24)32-30(34)33-14-16-35-17-15-33/h6,8-10,13,18-20,26H,4,11-12,14-17H2,1-3H3,(H,32,34). The number of fused-ring (bicyclic) bond motifs is 1. The van der Waals surface area contributed by atoms with Crippen molar-refractivity contribution in [1.82, 2.24) is 15.2 Å². The van der Waals surface area contributed by atoms with Crippen LogP contribution in [-0.4, -0.2) is 48.3 Å². The summed E-state index contributed by atoms with van der Waals surface area (Å²) in [6.07, 6.45) is 4.68. The fraction of sp³-hybridized carbons (Fsp3) is 0.400. The van der Waals surface area contributed by atoms with Crippen LogP contribution in [0.25, 0.3) is 21.0 Å². The largest absolute Gasteiger partial charge is 0.490 e. The molecule has 5 rings (SSSR count). The summed E-state index contributed by atoms with van der Waals surface area (Å²) < 4.78 is 11.4. The van der Waals surface area contributed by atoms with Crippen molar-refractivity contribution in [2.75, 3.05) is 26.3 Å². The number of ether oxygens (including phenoxy) is 2. The summed E-state index contributed by atoms with van der Waals surface area (Å²) in [5, 5.41) is 4.21. The summed E-state index contributed by atoms with van der Waals surface area (Å²) in [6.45, 7) is 8.59. The predicted molar refractivity (Wildman–Crippen MR) is 148 cm³/mol. The average molecular weight is 516 g/mol. The lowest BCUT2D eigenvalue weighted by Crippen LogP contribution is -2.46. The molecule has 1 fully saturated rings. The number of aromatic nitrogens is 1. The van der Waals surface area contributed by atoms with Gasteiger partial charge in [-0.2, -0.15) is 0 Å². The van der Waals surface area contributed by atoms with Crippen LogP contribution in [0.2, 0.25) is 0 Å². The summed E-state index contributed by atoms with van der Waals surface area (Å²) in [7, 11) is 0. The molecule has 1 aromatic heterocycles. The first-order valence-electron chi connectivity index (χ1n) is 13.0. The zero-order valence-corrected chi connectivity index (χ0v) is 22.5. The smallest absolute Gasteiger partial charge is 0.318 e. The maximum Gasteiger partial charge on any atom is 0.318 e. The number of thiazole rings is 1. The number of nitrogens with one attached hydrogen (secondary N) is 1. The van der Waals surface area contributed by atoms with E-state index in [4.69, 9.17) is 14.5 Å². The van der Waals surface area contributed by atoms with E-state index in [0.29, 0.717) is 26.3 Å². The van der Waals surface area contributed by atoms with Crippen molar-refractivity contribution in [3.63, 3.8) is 0 Å². The van der Waals surface area contributed by atoms with E-state index in [-0.39, 0.29) is 18.2 Å². The normalized spacial score (nSPS) is 16.8. The van der Waals surface area contributed by atoms with Gasteiger partial charge in [0.25, 0.3) is 0 Å². The minimum absolute atomic E-state index is 0.00139. The van der Waals surface area contributed by atoms with Crippen LogP contribution in [0, 0.1) is 11.8 Å². The molecule has 6 nitrogen and oxygen atoms in total. The van der Waals surface area contributed by atoms with Gasteiger partial charge in [0, 0.05) is 31.3 Å². The van der Waals surface area contributed by atoms with Crippen LogP contribution >= 0.6 is 11.3 Å². The first-order chi connectivity index (χ1) is 18.0. The summed E-state index contributed by atoms with van der Waals surface area (Å²) >= 11 is 1.69. The van der Waals surface area contributed by atoms with Crippen LogP contribution in [0.1, 0.15) is 56.3 Å². The zero-order chi connectivity index (χ0) is 25.8. The maximum atomic E-state index is 12.8. The van der Waals surface area contributed by atoms with E-state index in [0.717, 1.165) is 46.0 Å². The second kappa shape index (κ2) is 11.4. The number of benzene rings is 2. The number of nitrogens with zero attached hydrogens (tertiary/aromatic N) is 2. The number of carbonyl (C=O) groups is 1. The lowest BCUT2D eigenvalue weighted by molar-refractivity contribution is 0.0525. The number of hydrogen-bond acceptors (Lipinski definition) is 5. The van der Waals surface area contributed by atoms with Gasteiger partial charge in [0.1, 0.15) is 10.8 Å². The van der Waals surface area contributed by atoms with Crippen LogP contribution in [-0.2, 0) is 11.2 Å². The van der Waals surface area contributed by atoms with E-state index in [2.05, 4.69) is 47.5 Å². The molecule has 1 aliphatic heterocycles. The second-order valence-corrected chi connectivity index (χ2v) is 10.6. The molecular weight excluding hydrogens is 482 g/mol. The average Bonchev–Trinajstić information content (AvgIpc) is 3.56. The van der Waals surface area contributed by atoms with Crippen molar-refractivity contribution < 1.29 is 14.3 Å². The maximum absolute atomic E-state index is 12.8. The quantitative estimate of drug-likeness (QED) is 0.420. The summed E-state index contributed by atoms with van der Waals surface area (Å²) in [6, 6.07) is 12.6. The molecule has 0 radical (unpaired) electrons. The van der Waals surface area contributed by atoms with E-state index in [1.54, 1.807) is 11.3 Å². The van der Waals surface area contributed by atoms with Crippen molar-refractivity contribution in [3.05, 3.63) is 59.3 Å². The third-order valence-corrected chi connectivity index (χ3v) is 7.71. The van der Waals surface area contributed by atoms with Gasteiger partial charge in [0.2, 0.25) is 0 Å². The summed E-state index contributed by atoms with van der Waals surface area (Å²) in [4.78, 5) is 20.5. The summed E-state index contributed by atoms with van der Waals surface area (Å²) in [5.41, 5.74) is 5.65. The zero-order valence-electron chi connectivity index (χ0n) is 21.7. The van der Waals surface area contributed by atoms with Gasteiger partial charge in [-0.3, -0.25) is 0 Å². The van der Waals surface area contributed by atoms with E-state index < -0.39 is 0 Å². The van der Waals surface area contributed by atoms with Crippen LogP contribution < -0.4 is 10.1 Å². The van der Waals surface area contributed by atoms with Crippen LogP contribution in [0.4, 0.5) is 4.79 Å².